The first-order chi connectivity index (χ1) is 10.2. The molecule has 0 aromatic heterocycles. The van der Waals surface area contributed by atoms with Crippen LogP contribution in [0.15, 0.2) is 30.3 Å². The summed E-state index contributed by atoms with van der Waals surface area (Å²) in [6.07, 6.45) is 5.18. The standard InChI is InChI=1S/C18H29N3/c1-15(19)16-7-11-20(12-8-16)18-9-13-21(14-10-18)17-5-3-2-4-6-17/h2-6,15-16,18H,7-14,19H2,1H3. The summed E-state index contributed by atoms with van der Waals surface area (Å²) in [5.41, 5.74) is 7.43. The van der Waals surface area contributed by atoms with E-state index in [4.69, 9.17) is 5.73 Å². The molecule has 3 heteroatoms. The predicted molar refractivity (Wildman–Crippen MR) is 89.6 cm³/mol. The smallest absolute Gasteiger partial charge is 0.0366 e. The van der Waals surface area contributed by atoms with Crippen LogP contribution in [-0.4, -0.2) is 43.2 Å². The molecule has 0 bridgehead atoms. The second-order valence-corrected chi connectivity index (χ2v) is 6.79. The first kappa shape index (κ1) is 14.9. The van der Waals surface area contributed by atoms with Crippen molar-refractivity contribution in [2.75, 3.05) is 31.1 Å². The quantitative estimate of drug-likeness (QED) is 0.928. The van der Waals surface area contributed by atoms with Crippen molar-refractivity contribution in [3.8, 4) is 0 Å². The fourth-order valence-corrected chi connectivity index (χ4v) is 3.94. The van der Waals surface area contributed by atoms with Gasteiger partial charge in [0.05, 0.1) is 0 Å². The van der Waals surface area contributed by atoms with E-state index >= 15 is 0 Å². The van der Waals surface area contributed by atoms with Gasteiger partial charge in [-0.15, -0.1) is 0 Å². The minimum Gasteiger partial charge on any atom is -0.371 e. The van der Waals surface area contributed by atoms with E-state index in [1.807, 2.05) is 0 Å². The molecule has 0 radical (unpaired) electrons. The number of rotatable bonds is 3. The minimum atomic E-state index is 0.368. The van der Waals surface area contributed by atoms with Gasteiger partial charge in [-0.1, -0.05) is 18.2 Å². The zero-order valence-corrected chi connectivity index (χ0v) is 13.2. The van der Waals surface area contributed by atoms with Crippen LogP contribution in [0.4, 0.5) is 5.69 Å². The molecule has 1 aromatic carbocycles. The van der Waals surface area contributed by atoms with Crippen LogP contribution in [0.5, 0.6) is 0 Å². The van der Waals surface area contributed by atoms with Crippen molar-refractivity contribution < 1.29 is 0 Å². The second-order valence-electron chi connectivity index (χ2n) is 6.79. The Bertz CT molecular complexity index is 415. The normalized spacial score (nSPS) is 24.2. The highest BCUT2D eigenvalue weighted by molar-refractivity contribution is 5.46. The van der Waals surface area contributed by atoms with Crippen LogP contribution in [0.3, 0.4) is 0 Å². The lowest BCUT2D eigenvalue weighted by Gasteiger charge is -2.43. The maximum Gasteiger partial charge on any atom is 0.0366 e. The molecule has 2 fully saturated rings. The summed E-state index contributed by atoms with van der Waals surface area (Å²) in [6, 6.07) is 12.0. The third kappa shape index (κ3) is 3.58. The molecule has 2 aliphatic heterocycles. The van der Waals surface area contributed by atoms with E-state index in [1.54, 1.807) is 0 Å². The molecule has 1 aromatic rings. The zero-order valence-electron chi connectivity index (χ0n) is 13.2. The van der Waals surface area contributed by atoms with Gasteiger partial charge < -0.3 is 15.5 Å². The molecule has 116 valence electrons. The molecular weight excluding hydrogens is 258 g/mol. The first-order valence-corrected chi connectivity index (χ1v) is 8.53. The van der Waals surface area contributed by atoms with E-state index in [0.29, 0.717) is 6.04 Å². The summed E-state index contributed by atoms with van der Waals surface area (Å²) < 4.78 is 0. The van der Waals surface area contributed by atoms with Gasteiger partial charge in [0.1, 0.15) is 0 Å². The van der Waals surface area contributed by atoms with Crippen molar-refractivity contribution in [3.05, 3.63) is 30.3 Å². The molecule has 0 spiro atoms. The summed E-state index contributed by atoms with van der Waals surface area (Å²) in [7, 11) is 0. The Morgan fingerprint density at radius 3 is 2.14 bits per heavy atom. The number of benzene rings is 1. The van der Waals surface area contributed by atoms with Gasteiger partial charge in [0.25, 0.3) is 0 Å². The Morgan fingerprint density at radius 2 is 1.57 bits per heavy atom. The summed E-state index contributed by atoms with van der Waals surface area (Å²) in [5, 5.41) is 0. The zero-order chi connectivity index (χ0) is 14.7. The lowest BCUT2D eigenvalue weighted by molar-refractivity contribution is 0.109. The molecule has 3 rings (SSSR count). The fourth-order valence-electron chi connectivity index (χ4n) is 3.94. The van der Waals surface area contributed by atoms with Gasteiger partial charge in [-0.05, 0) is 63.7 Å². The maximum absolute atomic E-state index is 6.05. The minimum absolute atomic E-state index is 0.368. The van der Waals surface area contributed by atoms with Crippen LogP contribution >= 0.6 is 0 Å². The van der Waals surface area contributed by atoms with Crippen LogP contribution in [0, 0.1) is 5.92 Å². The highest BCUT2D eigenvalue weighted by Gasteiger charge is 2.29. The van der Waals surface area contributed by atoms with Gasteiger partial charge in [0.15, 0.2) is 0 Å². The largest absolute Gasteiger partial charge is 0.371 e. The number of hydrogen-bond acceptors (Lipinski definition) is 3. The predicted octanol–water partition coefficient (Wildman–Crippen LogP) is 2.71. The molecule has 3 nitrogen and oxygen atoms in total. The van der Waals surface area contributed by atoms with Gasteiger partial charge in [-0.25, -0.2) is 0 Å². The molecule has 1 atom stereocenters. The topological polar surface area (TPSA) is 32.5 Å². The van der Waals surface area contributed by atoms with Crippen molar-refractivity contribution in [3.63, 3.8) is 0 Å². The first-order valence-electron chi connectivity index (χ1n) is 8.53. The van der Waals surface area contributed by atoms with Crippen LogP contribution < -0.4 is 10.6 Å². The number of anilines is 1. The second kappa shape index (κ2) is 6.80. The molecule has 0 saturated carbocycles. The van der Waals surface area contributed by atoms with Crippen molar-refractivity contribution in [1.82, 2.24) is 4.90 Å². The highest BCUT2D eigenvalue weighted by Crippen LogP contribution is 2.26. The van der Waals surface area contributed by atoms with Crippen LogP contribution in [0.2, 0.25) is 0 Å². The van der Waals surface area contributed by atoms with Crippen LogP contribution in [-0.2, 0) is 0 Å². The summed E-state index contributed by atoms with van der Waals surface area (Å²) in [5.74, 6) is 0.741. The summed E-state index contributed by atoms with van der Waals surface area (Å²) in [6.45, 7) is 7.06. The lowest BCUT2D eigenvalue weighted by atomic mass is 9.89. The average molecular weight is 287 g/mol. The van der Waals surface area contributed by atoms with Gasteiger partial charge in [-0.3, -0.25) is 0 Å². The molecule has 2 saturated heterocycles. The van der Waals surface area contributed by atoms with Crippen molar-refractivity contribution in [2.45, 2.75) is 44.7 Å². The van der Waals surface area contributed by atoms with Crippen molar-refractivity contribution in [2.24, 2.45) is 11.7 Å². The van der Waals surface area contributed by atoms with Crippen molar-refractivity contribution >= 4 is 5.69 Å². The number of para-hydroxylation sites is 1. The van der Waals surface area contributed by atoms with Gasteiger partial charge >= 0.3 is 0 Å². The summed E-state index contributed by atoms with van der Waals surface area (Å²) >= 11 is 0. The Labute approximate surface area is 129 Å². The fraction of sp³-hybridized carbons (Fsp3) is 0.667. The molecule has 0 amide bonds. The van der Waals surface area contributed by atoms with Gasteiger partial charge in [0, 0.05) is 30.9 Å². The molecular formula is C18H29N3. The molecule has 2 N–H and O–H groups in total. The molecule has 2 aliphatic rings. The third-order valence-electron chi connectivity index (χ3n) is 5.42. The molecule has 2 heterocycles. The third-order valence-corrected chi connectivity index (χ3v) is 5.42. The van der Waals surface area contributed by atoms with Crippen LogP contribution in [0.25, 0.3) is 0 Å². The Hall–Kier alpha value is -1.06. The Kier molecular flexibility index (Phi) is 4.81. The Morgan fingerprint density at radius 1 is 0.952 bits per heavy atom. The maximum atomic E-state index is 6.05. The Balaban J connectivity index is 1.48. The van der Waals surface area contributed by atoms with Gasteiger partial charge in [0.2, 0.25) is 0 Å². The number of hydrogen-bond donors (Lipinski definition) is 1. The molecule has 21 heavy (non-hydrogen) atoms. The van der Waals surface area contributed by atoms with Crippen LogP contribution in [0.1, 0.15) is 32.6 Å². The lowest BCUT2D eigenvalue weighted by Crippen LogP contribution is -2.49. The number of piperidine rings is 2. The van der Waals surface area contributed by atoms with E-state index in [0.717, 1.165) is 12.0 Å². The van der Waals surface area contributed by atoms with Gasteiger partial charge in [-0.2, -0.15) is 0 Å². The van der Waals surface area contributed by atoms with E-state index in [2.05, 4.69) is 47.1 Å². The SMILES string of the molecule is CC(N)C1CCN(C2CCN(c3ccccc3)CC2)CC1. The molecule has 1 unspecified atom stereocenters. The van der Waals surface area contributed by atoms with E-state index in [1.165, 1.54) is 57.5 Å². The number of nitrogens with two attached hydrogens (primary N) is 1. The average Bonchev–Trinajstić information content (AvgIpc) is 2.56. The van der Waals surface area contributed by atoms with E-state index < -0.39 is 0 Å². The number of likely N-dealkylation sites (tertiary alicyclic amines) is 1. The number of nitrogens with zero attached hydrogens (tertiary/aromatic N) is 2. The summed E-state index contributed by atoms with van der Waals surface area (Å²) in [4.78, 5) is 5.26. The monoisotopic (exact) mass is 287 g/mol. The molecule has 0 aliphatic carbocycles. The highest BCUT2D eigenvalue weighted by atomic mass is 15.2. The van der Waals surface area contributed by atoms with Crippen molar-refractivity contribution in [1.29, 1.82) is 0 Å². The van der Waals surface area contributed by atoms with E-state index in [9.17, 15) is 0 Å². The van der Waals surface area contributed by atoms with E-state index in [-0.39, 0.29) is 0 Å².